The molecule has 2 aromatic rings. The summed E-state index contributed by atoms with van der Waals surface area (Å²) in [5, 5.41) is 9.22. The Kier molecular flexibility index (Phi) is 4.24. The van der Waals surface area contributed by atoms with Gasteiger partial charge >= 0.3 is 0 Å². The molecule has 0 spiro atoms. The first-order chi connectivity index (χ1) is 11.2. The van der Waals surface area contributed by atoms with Crippen molar-refractivity contribution < 1.29 is 13.6 Å². The van der Waals surface area contributed by atoms with Crippen LogP contribution in [0.3, 0.4) is 0 Å². The molecule has 0 atom stereocenters. The topological polar surface area (TPSA) is 57.2 Å². The molecule has 1 fully saturated rings. The summed E-state index contributed by atoms with van der Waals surface area (Å²) < 4.78 is 19.3. The van der Waals surface area contributed by atoms with E-state index in [0.717, 1.165) is 12.8 Å². The average Bonchev–Trinajstić information content (AvgIpc) is 3.24. The SMILES string of the molecule is N#C/C(=C\c1ccc(-c2ccccc2F)o1)C(=O)N1CCCC1. The maximum atomic E-state index is 13.8. The standard InChI is InChI=1S/C18H15FN2O2/c19-16-6-2-1-5-15(16)17-8-7-14(23-17)11-13(12-20)18(22)21-9-3-4-10-21/h1-2,5-8,11H,3-4,9-10H2/b13-11+. The zero-order valence-corrected chi connectivity index (χ0v) is 12.5. The summed E-state index contributed by atoms with van der Waals surface area (Å²) in [5.41, 5.74) is 0.373. The fraction of sp³-hybridized carbons (Fsp3) is 0.222. The van der Waals surface area contributed by atoms with Gasteiger partial charge in [-0.05, 0) is 37.1 Å². The monoisotopic (exact) mass is 310 g/mol. The van der Waals surface area contributed by atoms with Crippen LogP contribution in [-0.2, 0) is 4.79 Å². The highest BCUT2D eigenvalue weighted by Gasteiger charge is 2.21. The second-order valence-electron chi connectivity index (χ2n) is 5.35. The fourth-order valence-corrected chi connectivity index (χ4v) is 2.61. The Balaban J connectivity index is 1.86. The van der Waals surface area contributed by atoms with Crippen LogP contribution in [0, 0.1) is 17.1 Å². The number of nitriles is 1. The summed E-state index contributed by atoms with van der Waals surface area (Å²) in [4.78, 5) is 13.9. The summed E-state index contributed by atoms with van der Waals surface area (Å²) in [6.45, 7) is 1.35. The number of hydrogen-bond acceptors (Lipinski definition) is 3. The van der Waals surface area contributed by atoms with E-state index in [9.17, 15) is 14.4 Å². The number of halogens is 1. The highest BCUT2D eigenvalue weighted by molar-refractivity contribution is 6.01. The molecule has 0 unspecified atom stereocenters. The van der Waals surface area contributed by atoms with E-state index in [-0.39, 0.29) is 17.3 Å². The van der Waals surface area contributed by atoms with Crippen molar-refractivity contribution in [2.45, 2.75) is 12.8 Å². The Bertz CT molecular complexity index is 795. The minimum Gasteiger partial charge on any atom is -0.457 e. The number of nitrogens with zero attached hydrogens (tertiary/aromatic N) is 2. The van der Waals surface area contributed by atoms with Crippen LogP contribution >= 0.6 is 0 Å². The number of likely N-dealkylation sites (tertiary alicyclic amines) is 1. The molecule has 0 aliphatic carbocycles. The van der Waals surface area contributed by atoms with Crippen molar-refractivity contribution in [2.75, 3.05) is 13.1 Å². The number of benzene rings is 1. The van der Waals surface area contributed by atoms with Gasteiger partial charge in [-0.2, -0.15) is 5.26 Å². The fourth-order valence-electron chi connectivity index (χ4n) is 2.61. The van der Waals surface area contributed by atoms with Gasteiger partial charge in [0.25, 0.3) is 5.91 Å². The second kappa shape index (κ2) is 6.49. The third-order valence-electron chi connectivity index (χ3n) is 3.80. The molecule has 1 aliphatic rings. The molecule has 5 heteroatoms. The van der Waals surface area contributed by atoms with Crippen molar-refractivity contribution in [2.24, 2.45) is 0 Å². The van der Waals surface area contributed by atoms with Crippen LogP contribution in [0.5, 0.6) is 0 Å². The van der Waals surface area contributed by atoms with Gasteiger partial charge in [0, 0.05) is 19.2 Å². The van der Waals surface area contributed by atoms with Crippen LogP contribution < -0.4 is 0 Å². The van der Waals surface area contributed by atoms with Crippen molar-refractivity contribution in [3.63, 3.8) is 0 Å². The van der Waals surface area contributed by atoms with E-state index in [1.165, 1.54) is 12.1 Å². The molecule has 1 amide bonds. The zero-order chi connectivity index (χ0) is 16.2. The predicted molar refractivity (Wildman–Crippen MR) is 83.5 cm³/mol. The Morgan fingerprint density at radius 3 is 2.65 bits per heavy atom. The van der Waals surface area contributed by atoms with Gasteiger partial charge in [-0.15, -0.1) is 0 Å². The smallest absolute Gasteiger partial charge is 0.264 e. The summed E-state index contributed by atoms with van der Waals surface area (Å²) in [6, 6.07) is 11.5. The molecule has 0 radical (unpaired) electrons. The molecule has 2 heterocycles. The molecular weight excluding hydrogens is 295 g/mol. The third kappa shape index (κ3) is 3.16. The molecule has 1 aliphatic heterocycles. The van der Waals surface area contributed by atoms with Gasteiger partial charge < -0.3 is 9.32 Å². The molecule has 116 valence electrons. The van der Waals surface area contributed by atoms with Gasteiger partial charge in [-0.3, -0.25) is 4.79 Å². The normalized spacial score (nSPS) is 14.8. The molecule has 1 aromatic heterocycles. The number of amides is 1. The molecule has 3 rings (SSSR count). The quantitative estimate of drug-likeness (QED) is 0.642. The summed E-state index contributed by atoms with van der Waals surface area (Å²) in [7, 11) is 0. The van der Waals surface area contributed by atoms with Gasteiger partial charge in [-0.25, -0.2) is 4.39 Å². The number of carbonyl (C=O) groups is 1. The number of rotatable bonds is 3. The van der Waals surface area contributed by atoms with Crippen LogP contribution in [0.4, 0.5) is 4.39 Å². The molecule has 23 heavy (non-hydrogen) atoms. The third-order valence-corrected chi connectivity index (χ3v) is 3.80. The molecule has 0 N–H and O–H groups in total. The minimum atomic E-state index is -0.383. The maximum absolute atomic E-state index is 13.8. The van der Waals surface area contributed by atoms with Crippen LogP contribution in [-0.4, -0.2) is 23.9 Å². The molecule has 0 saturated carbocycles. The lowest BCUT2D eigenvalue weighted by molar-refractivity contribution is -0.125. The van der Waals surface area contributed by atoms with Gasteiger partial charge in [-0.1, -0.05) is 12.1 Å². The maximum Gasteiger partial charge on any atom is 0.264 e. The average molecular weight is 310 g/mol. The first-order valence-electron chi connectivity index (χ1n) is 7.45. The van der Waals surface area contributed by atoms with Gasteiger partial charge in [0.2, 0.25) is 0 Å². The molecular formula is C18H15FN2O2. The molecule has 4 nitrogen and oxygen atoms in total. The van der Waals surface area contributed by atoms with E-state index in [2.05, 4.69) is 0 Å². The minimum absolute atomic E-state index is 0.0290. The zero-order valence-electron chi connectivity index (χ0n) is 12.5. The number of carbonyl (C=O) groups excluding carboxylic acids is 1. The summed E-state index contributed by atoms with van der Waals surface area (Å²) in [6.07, 6.45) is 3.33. The largest absolute Gasteiger partial charge is 0.457 e. The van der Waals surface area contributed by atoms with Crippen molar-refractivity contribution in [1.29, 1.82) is 5.26 Å². The molecule has 1 saturated heterocycles. The lowest BCUT2D eigenvalue weighted by Gasteiger charge is -2.13. The Hall–Kier alpha value is -2.87. The van der Waals surface area contributed by atoms with Gasteiger partial charge in [0.05, 0.1) is 5.56 Å². The second-order valence-corrected chi connectivity index (χ2v) is 5.35. The van der Waals surface area contributed by atoms with Crippen LogP contribution in [0.1, 0.15) is 18.6 Å². The van der Waals surface area contributed by atoms with Gasteiger partial charge in [0.1, 0.15) is 29.0 Å². The van der Waals surface area contributed by atoms with E-state index in [0.29, 0.717) is 30.2 Å². The van der Waals surface area contributed by atoms with Crippen molar-refractivity contribution in [1.82, 2.24) is 4.90 Å². The van der Waals surface area contributed by atoms with Crippen LogP contribution in [0.15, 0.2) is 46.4 Å². The Morgan fingerprint density at radius 2 is 1.96 bits per heavy atom. The Labute approximate surface area is 133 Å². The number of hydrogen-bond donors (Lipinski definition) is 0. The molecule has 0 bridgehead atoms. The summed E-state index contributed by atoms with van der Waals surface area (Å²) >= 11 is 0. The van der Waals surface area contributed by atoms with Crippen molar-refractivity contribution in [3.05, 3.63) is 53.5 Å². The van der Waals surface area contributed by atoms with Gasteiger partial charge in [0.15, 0.2) is 0 Å². The highest BCUT2D eigenvalue weighted by atomic mass is 19.1. The van der Waals surface area contributed by atoms with E-state index in [1.807, 2.05) is 6.07 Å². The van der Waals surface area contributed by atoms with Crippen molar-refractivity contribution >= 4 is 12.0 Å². The molecule has 1 aromatic carbocycles. The van der Waals surface area contributed by atoms with E-state index >= 15 is 0 Å². The van der Waals surface area contributed by atoms with Crippen LogP contribution in [0.25, 0.3) is 17.4 Å². The lowest BCUT2D eigenvalue weighted by Crippen LogP contribution is -2.28. The first kappa shape index (κ1) is 15.0. The Morgan fingerprint density at radius 1 is 1.22 bits per heavy atom. The van der Waals surface area contributed by atoms with E-state index in [1.54, 1.807) is 35.2 Å². The van der Waals surface area contributed by atoms with E-state index < -0.39 is 0 Å². The highest BCUT2D eigenvalue weighted by Crippen LogP contribution is 2.26. The first-order valence-corrected chi connectivity index (χ1v) is 7.45. The predicted octanol–water partition coefficient (Wildman–Crippen LogP) is 3.62. The van der Waals surface area contributed by atoms with Crippen molar-refractivity contribution in [3.8, 4) is 17.4 Å². The summed E-state index contributed by atoms with van der Waals surface area (Å²) in [5.74, 6) is 0.0486. The van der Waals surface area contributed by atoms with Crippen LogP contribution in [0.2, 0.25) is 0 Å². The van der Waals surface area contributed by atoms with E-state index in [4.69, 9.17) is 4.42 Å². The number of furan rings is 1. The lowest BCUT2D eigenvalue weighted by atomic mass is 10.1.